The highest BCUT2D eigenvalue weighted by atomic mass is 32.2. The Bertz CT molecular complexity index is 1490. The molecule has 4 aromatic rings. The Balaban J connectivity index is 1.40. The number of anilines is 1. The zero-order chi connectivity index (χ0) is 25.6. The zero-order valence-corrected chi connectivity index (χ0v) is 22.5. The topological polar surface area (TPSA) is 58.4 Å². The summed E-state index contributed by atoms with van der Waals surface area (Å²) < 4.78 is 25.7. The standard InChI is InChI=1S/C29H34N4O2S/c1-20(2)32-14-15-33(21(3)19-32)25-10-6-22(7-11-25)24-16-29-27(30-18-24)17-28(31(29)4)23-8-12-26(13-9-23)36(5,34)35/h6-13,16-18,20-21H,14-15,19H2,1-5H3/t21-/m0/s1. The molecule has 0 amide bonds. The van der Waals surface area contributed by atoms with E-state index in [0.717, 1.165) is 53.1 Å². The average Bonchev–Trinajstić information content (AvgIpc) is 3.19. The van der Waals surface area contributed by atoms with Crippen LogP contribution in [0.4, 0.5) is 5.69 Å². The number of piperazine rings is 1. The Morgan fingerprint density at radius 3 is 2.19 bits per heavy atom. The third-order valence-corrected chi connectivity index (χ3v) is 8.52. The maximum atomic E-state index is 11.8. The van der Waals surface area contributed by atoms with Gasteiger partial charge in [0.2, 0.25) is 0 Å². The molecule has 5 rings (SSSR count). The van der Waals surface area contributed by atoms with E-state index in [1.165, 1.54) is 11.9 Å². The smallest absolute Gasteiger partial charge is 0.175 e. The van der Waals surface area contributed by atoms with E-state index in [1.807, 2.05) is 25.4 Å². The molecule has 7 heteroatoms. The highest BCUT2D eigenvalue weighted by Crippen LogP contribution is 2.31. The van der Waals surface area contributed by atoms with Crippen LogP contribution >= 0.6 is 0 Å². The molecule has 0 bridgehead atoms. The van der Waals surface area contributed by atoms with Crippen LogP contribution in [0.25, 0.3) is 33.4 Å². The zero-order valence-electron chi connectivity index (χ0n) is 21.6. The van der Waals surface area contributed by atoms with E-state index in [1.54, 1.807) is 12.1 Å². The number of fused-ring (bicyclic) bond motifs is 1. The number of aromatic nitrogens is 2. The van der Waals surface area contributed by atoms with Gasteiger partial charge in [-0.1, -0.05) is 24.3 Å². The van der Waals surface area contributed by atoms with E-state index in [4.69, 9.17) is 4.98 Å². The molecule has 1 aliphatic heterocycles. The van der Waals surface area contributed by atoms with Crippen molar-refractivity contribution in [3.05, 3.63) is 66.9 Å². The Labute approximate surface area is 214 Å². The van der Waals surface area contributed by atoms with Gasteiger partial charge < -0.3 is 9.47 Å². The minimum absolute atomic E-state index is 0.324. The molecular formula is C29H34N4O2S. The summed E-state index contributed by atoms with van der Waals surface area (Å²) in [6.07, 6.45) is 3.15. The minimum atomic E-state index is -3.22. The van der Waals surface area contributed by atoms with E-state index < -0.39 is 9.84 Å². The number of nitrogens with zero attached hydrogens (tertiary/aromatic N) is 4. The second kappa shape index (κ2) is 9.37. The van der Waals surface area contributed by atoms with Crippen molar-refractivity contribution in [1.82, 2.24) is 14.5 Å². The summed E-state index contributed by atoms with van der Waals surface area (Å²) in [6.45, 7) is 10.1. The molecule has 6 nitrogen and oxygen atoms in total. The van der Waals surface area contributed by atoms with Crippen molar-refractivity contribution < 1.29 is 8.42 Å². The molecule has 0 unspecified atom stereocenters. The largest absolute Gasteiger partial charge is 0.366 e. The fourth-order valence-corrected chi connectivity index (χ4v) is 5.82. The monoisotopic (exact) mass is 502 g/mol. The normalized spacial score (nSPS) is 17.3. The molecule has 1 atom stereocenters. The third-order valence-electron chi connectivity index (χ3n) is 7.39. The van der Waals surface area contributed by atoms with E-state index >= 15 is 0 Å². The maximum Gasteiger partial charge on any atom is 0.175 e. The van der Waals surface area contributed by atoms with Gasteiger partial charge in [0, 0.05) is 62.5 Å². The van der Waals surface area contributed by atoms with Gasteiger partial charge in [-0.2, -0.15) is 0 Å². The molecule has 0 aliphatic carbocycles. The lowest BCUT2D eigenvalue weighted by atomic mass is 10.1. The van der Waals surface area contributed by atoms with Crippen LogP contribution in [-0.2, 0) is 16.9 Å². The summed E-state index contributed by atoms with van der Waals surface area (Å²) in [6, 6.07) is 21.1. The highest BCUT2D eigenvalue weighted by molar-refractivity contribution is 7.90. The van der Waals surface area contributed by atoms with Gasteiger partial charge in [0.25, 0.3) is 0 Å². The van der Waals surface area contributed by atoms with Gasteiger partial charge in [-0.25, -0.2) is 8.42 Å². The molecule has 1 aliphatic rings. The third kappa shape index (κ3) is 4.65. The van der Waals surface area contributed by atoms with Crippen LogP contribution in [0.5, 0.6) is 0 Å². The van der Waals surface area contributed by atoms with Gasteiger partial charge in [0.1, 0.15) is 0 Å². The maximum absolute atomic E-state index is 11.8. The fourth-order valence-electron chi connectivity index (χ4n) is 5.19. The number of rotatable bonds is 5. The van der Waals surface area contributed by atoms with Crippen LogP contribution in [0.3, 0.4) is 0 Å². The summed E-state index contributed by atoms with van der Waals surface area (Å²) >= 11 is 0. The van der Waals surface area contributed by atoms with Crippen LogP contribution in [0.1, 0.15) is 20.8 Å². The number of benzene rings is 2. The first-order chi connectivity index (χ1) is 17.1. The van der Waals surface area contributed by atoms with Gasteiger partial charge in [-0.05, 0) is 68.3 Å². The summed E-state index contributed by atoms with van der Waals surface area (Å²) in [5.74, 6) is 0. The highest BCUT2D eigenvalue weighted by Gasteiger charge is 2.25. The Kier molecular flexibility index (Phi) is 6.39. The molecule has 2 aromatic heterocycles. The van der Waals surface area contributed by atoms with E-state index in [2.05, 4.69) is 71.5 Å². The van der Waals surface area contributed by atoms with Gasteiger partial charge in [0.05, 0.1) is 21.6 Å². The lowest BCUT2D eigenvalue weighted by Crippen LogP contribution is -2.53. The fraction of sp³-hybridized carbons (Fsp3) is 0.345. The Morgan fingerprint density at radius 1 is 0.917 bits per heavy atom. The first-order valence-electron chi connectivity index (χ1n) is 12.5. The summed E-state index contributed by atoms with van der Waals surface area (Å²) in [4.78, 5) is 10.1. The number of hydrogen-bond donors (Lipinski definition) is 0. The van der Waals surface area contributed by atoms with Gasteiger partial charge >= 0.3 is 0 Å². The molecule has 0 saturated carbocycles. The number of aryl methyl sites for hydroxylation is 1. The molecule has 1 saturated heterocycles. The molecule has 0 radical (unpaired) electrons. The summed E-state index contributed by atoms with van der Waals surface area (Å²) in [5.41, 5.74) is 7.39. The van der Waals surface area contributed by atoms with Crippen LogP contribution in [0, 0.1) is 0 Å². The molecule has 1 fully saturated rings. The first-order valence-corrected chi connectivity index (χ1v) is 14.4. The SMILES string of the molecule is CC(C)N1CCN(c2ccc(-c3cnc4cc(-c5ccc(S(C)(=O)=O)cc5)n(C)c4c3)cc2)[C@@H](C)C1. The summed E-state index contributed by atoms with van der Waals surface area (Å²) in [7, 11) is -1.19. The summed E-state index contributed by atoms with van der Waals surface area (Å²) in [5, 5.41) is 0. The second-order valence-corrected chi connectivity index (χ2v) is 12.2. The Hall–Kier alpha value is -3.16. The molecular weight excluding hydrogens is 468 g/mol. The van der Waals surface area contributed by atoms with Crippen LogP contribution in [0.15, 0.2) is 71.8 Å². The predicted octanol–water partition coefficient (Wildman–Crippen LogP) is 5.23. The molecule has 0 N–H and O–H groups in total. The van der Waals surface area contributed by atoms with Crippen LogP contribution in [0.2, 0.25) is 0 Å². The van der Waals surface area contributed by atoms with E-state index in [-0.39, 0.29) is 0 Å². The van der Waals surface area contributed by atoms with Crippen LogP contribution < -0.4 is 4.90 Å². The lowest BCUT2D eigenvalue weighted by Gasteiger charge is -2.43. The number of sulfone groups is 1. The first kappa shape index (κ1) is 24.5. The average molecular weight is 503 g/mol. The Morgan fingerprint density at radius 2 is 1.58 bits per heavy atom. The van der Waals surface area contributed by atoms with Gasteiger partial charge in [-0.3, -0.25) is 9.88 Å². The van der Waals surface area contributed by atoms with Crippen molar-refractivity contribution in [2.75, 3.05) is 30.8 Å². The second-order valence-electron chi connectivity index (χ2n) is 10.2. The van der Waals surface area contributed by atoms with Crippen molar-refractivity contribution in [1.29, 1.82) is 0 Å². The van der Waals surface area contributed by atoms with Crippen molar-refractivity contribution in [3.8, 4) is 22.4 Å². The molecule has 188 valence electrons. The lowest BCUT2D eigenvalue weighted by molar-refractivity contribution is 0.185. The van der Waals surface area contributed by atoms with Gasteiger partial charge in [-0.15, -0.1) is 0 Å². The van der Waals surface area contributed by atoms with E-state index in [9.17, 15) is 8.42 Å². The minimum Gasteiger partial charge on any atom is -0.366 e. The number of pyridine rings is 1. The predicted molar refractivity (Wildman–Crippen MR) is 148 cm³/mol. The molecule has 2 aromatic carbocycles. The molecule has 0 spiro atoms. The quantitative estimate of drug-likeness (QED) is 0.374. The van der Waals surface area contributed by atoms with Crippen LogP contribution in [-0.4, -0.2) is 60.8 Å². The van der Waals surface area contributed by atoms with E-state index in [0.29, 0.717) is 17.0 Å². The van der Waals surface area contributed by atoms with Crippen molar-refractivity contribution in [2.45, 2.75) is 37.8 Å². The number of hydrogen-bond acceptors (Lipinski definition) is 5. The van der Waals surface area contributed by atoms with Crippen molar-refractivity contribution >= 4 is 26.6 Å². The molecule has 36 heavy (non-hydrogen) atoms. The van der Waals surface area contributed by atoms with Crippen molar-refractivity contribution in [2.24, 2.45) is 7.05 Å². The van der Waals surface area contributed by atoms with Gasteiger partial charge in [0.15, 0.2) is 9.84 Å². The van der Waals surface area contributed by atoms with Crippen molar-refractivity contribution in [3.63, 3.8) is 0 Å². The molecule has 3 heterocycles.